The van der Waals surface area contributed by atoms with E-state index in [9.17, 15) is 10.1 Å². The Morgan fingerprint density at radius 1 is 0.871 bits per heavy atom. The number of hydrogen-bond acceptors (Lipinski definition) is 4. The fourth-order valence-electron chi connectivity index (χ4n) is 3.89. The molecule has 3 aromatic carbocycles. The summed E-state index contributed by atoms with van der Waals surface area (Å²) in [5.74, 6) is 0.793. The van der Waals surface area contributed by atoms with E-state index in [1.54, 1.807) is 0 Å². The molecule has 5 heteroatoms. The maximum absolute atomic E-state index is 13.2. The number of nitrogens with zero attached hydrogens (tertiary/aromatic N) is 3. The van der Waals surface area contributed by atoms with Crippen molar-refractivity contribution in [2.45, 2.75) is 12.6 Å². The third kappa shape index (κ3) is 4.93. The number of benzene rings is 3. The van der Waals surface area contributed by atoms with Crippen molar-refractivity contribution < 1.29 is 9.53 Å². The summed E-state index contributed by atoms with van der Waals surface area (Å²) in [6, 6.07) is 29.2. The molecule has 3 aromatic rings. The largest absolute Gasteiger partial charge is 0.489 e. The van der Waals surface area contributed by atoms with Gasteiger partial charge in [-0.15, -0.1) is 0 Å². The highest BCUT2D eigenvalue weighted by atomic mass is 16.5. The summed E-state index contributed by atoms with van der Waals surface area (Å²) in [7, 11) is 0. The van der Waals surface area contributed by atoms with Gasteiger partial charge in [0.05, 0.1) is 6.07 Å². The Morgan fingerprint density at radius 3 is 2.16 bits per heavy atom. The average Bonchev–Trinajstić information content (AvgIpc) is 2.85. The highest BCUT2D eigenvalue weighted by molar-refractivity contribution is 5.95. The predicted molar refractivity (Wildman–Crippen MR) is 119 cm³/mol. The summed E-state index contributed by atoms with van der Waals surface area (Å²) < 4.78 is 5.87. The van der Waals surface area contributed by atoms with Crippen LogP contribution in [0.1, 0.15) is 27.5 Å². The molecule has 1 fully saturated rings. The van der Waals surface area contributed by atoms with Crippen LogP contribution >= 0.6 is 0 Å². The number of carbonyl (C=O) groups excluding carboxylic acids is 1. The van der Waals surface area contributed by atoms with E-state index in [1.165, 1.54) is 0 Å². The molecular weight excluding hydrogens is 386 g/mol. The number of ether oxygens (including phenoxy) is 1. The maximum atomic E-state index is 13.2. The number of nitriles is 1. The molecular formula is C26H25N3O2. The molecule has 1 atom stereocenters. The van der Waals surface area contributed by atoms with Crippen LogP contribution in [0, 0.1) is 11.3 Å². The number of para-hydroxylation sites is 1. The third-order valence-corrected chi connectivity index (χ3v) is 5.59. The zero-order chi connectivity index (χ0) is 21.5. The minimum absolute atomic E-state index is 0.0140. The first-order chi connectivity index (χ1) is 15.3. The predicted octanol–water partition coefficient (Wildman–Crippen LogP) is 4.29. The van der Waals surface area contributed by atoms with Crippen LogP contribution in [0.25, 0.3) is 0 Å². The second-order valence-electron chi connectivity index (χ2n) is 7.53. The summed E-state index contributed by atoms with van der Waals surface area (Å²) >= 11 is 0. The van der Waals surface area contributed by atoms with Gasteiger partial charge in [-0.25, -0.2) is 0 Å². The normalized spacial score (nSPS) is 15.1. The van der Waals surface area contributed by atoms with Crippen molar-refractivity contribution in [3.05, 3.63) is 102 Å². The van der Waals surface area contributed by atoms with Gasteiger partial charge >= 0.3 is 0 Å². The van der Waals surface area contributed by atoms with Crippen LogP contribution in [0.15, 0.2) is 84.9 Å². The zero-order valence-electron chi connectivity index (χ0n) is 17.4. The van der Waals surface area contributed by atoms with Crippen molar-refractivity contribution in [3.63, 3.8) is 0 Å². The molecule has 1 heterocycles. The zero-order valence-corrected chi connectivity index (χ0v) is 17.4. The van der Waals surface area contributed by atoms with E-state index in [1.807, 2.05) is 89.8 Å². The van der Waals surface area contributed by atoms with Gasteiger partial charge < -0.3 is 9.64 Å². The van der Waals surface area contributed by atoms with Gasteiger partial charge in [0.1, 0.15) is 18.4 Å². The van der Waals surface area contributed by atoms with E-state index >= 15 is 0 Å². The van der Waals surface area contributed by atoms with Gasteiger partial charge in [0.25, 0.3) is 5.91 Å². The molecule has 5 nitrogen and oxygen atoms in total. The van der Waals surface area contributed by atoms with Crippen molar-refractivity contribution in [3.8, 4) is 11.8 Å². The lowest BCUT2D eigenvalue weighted by Gasteiger charge is -2.37. The molecule has 0 spiro atoms. The number of rotatable bonds is 6. The van der Waals surface area contributed by atoms with Crippen LogP contribution in [-0.2, 0) is 6.61 Å². The third-order valence-electron chi connectivity index (χ3n) is 5.59. The van der Waals surface area contributed by atoms with Gasteiger partial charge in [-0.05, 0) is 23.8 Å². The Bertz CT molecular complexity index is 1040. The van der Waals surface area contributed by atoms with Crippen molar-refractivity contribution in [2.75, 3.05) is 26.2 Å². The lowest BCUT2D eigenvalue weighted by molar-refractivity contribution is 0.0604. The van der Waals surface area contributed by atoms with Crippen LogP contribution in [0.3, 0.4) is 0 Å². The van der Waals surface area contributed by atoms with Crippen LogP contribution in [0.2, 0.25) is 0 Å². The fraction of sp³-hybridized carbons (Fsp3) is 0.231. The first kappa shape index (κ1) is 20.6. The molecule has 0 aliphatic carbocycles. The van der Waals surface area contributed by atoms with Crippen molar-refractivity contribution in [1.82, 2.24) is 9.80 Å². The van der Waals surface area contributed by atoms with E-state index in [0.717, 1.165) is 16.9 Å². The van der Waals surface area contributed by atoms with Crippen molar-refractivity contribution in [1.29, 1.82) is 5.26 Å². The molecule has 1 aliphatic rings. The van der Waals surface area contributed by atoms with Crippen molar-refractivity contribution in [2.24, 2.45) is 0 Å². The Kier molecular flexibility index (Phi) is 6.61. The molecule has 1 amide bonds. The lowest BCUT2D eigenvalue weighted by atomic mass is 10.0. The van der Waals surface area contributed by atoms with E-state index < -0.39 is 0 Å². The number of carbonyl (C=O) groups is 1. The van der Waals surface area contributed by atoms with E-state index in [-0.39, 0.29) is 11.9 Å². The molecule has 0 aromatic heterocycles. The summed E-state index contributed by atoms with van der Waals surface area (Å²) in [5.41, 5.74) is 2.54. The van der Waals surface area contributed by atoms with Gasteiger partial charge in [0, 0.05) is 37.3 Å². The monoisotopic (exact) mass is 411 g/mol. The molecule has 156 valence electrons. The van der Waals surface area contributed by atoms with Crippen LogP contribution < -0.4 is 4.74 Å². The Balaban J connectivity index is 1.40. The first-order valence-electron chi connectivity index (χ1n) is 10.5. The van der Waals surface area contributed by atoms with Crippen LogP contribution in [0.5, 0.6) is 5.75 Å². The minimum Gasteiger partial charge on any atom is -0.489 e. The standard InChI is InChI=1S/C26H25N3O2/c27-19-25(21-9-3-1-4-10-21)28-15-17-29(18-16-28)26(30)24-14-8-7-11-22(24)20-31-23-12-5-2-6-13-23/h1-14,25H,15-18,20H2. The van der Waals surface area contributed by atoms with Crippen LogP contribution in [0.4, 0.5) is 0 Å². The smallest absolute Gasteiger partial charge is 0.254 e. The van der Waals surface area contributed by atoms with Gasteiger partial charge in [0.15, 0.2) is 0 Å². The highest BCUT2D eigenvalue weighted by Crippen LogP contribution is 2.23. The molecule has 1 aliphatic heterocycles. The molecule has 1 saturated heterocycles. The van der Waals surface area contributed by atoms with Crippen LogP contribution in [-0.4, -0.2) is 41.9 Å². The van der Waals surface area contributed by atoms with Crippen molar-refractivity contribution >= 4 is 5.91 Å². The molecule has 0 saturated carbocycles. The van der Waals surface area contributed by atoms with Gasteiger partial charge in [-0.3, -0.25) is 9.69 Å². The fourth-order valence-corrected chi connectivity index (χ4v) is 3.89. The number of piperazine rings is 1. The maximum Gasteiger partial charge on any atom is 0.254 e. The van der Waals surface area contributed by atoms with E-state index in [0.29, 0.717) is 38.3 Å². The molecule has 0 bridgehead atoms. The molecule has 31 heavy (non-hydrogen) atoms. The summed E-state index contributed by atoms with van der Waals surface area (Å²) in [5, 5.41) is 9.69. The second-order valence-corrected chi connectivity index (χ2v) is 7.53. The Hall–Kier alpha value is -3.62. The molecule has 4 rings (SSSR count). The Labute approximate surface area is 183 Å². The quantitative estimate of drug-likeness (QED) is 0.607. The first-order valence-corrected chi connectivity index (χ1v) is 10.5. The SMILES string of the molecule is N#CC(c1ccccc1)N1CCN(C(=O)c2ccccc2COc2ccccc2)CC1. The summed E-state index contributed by atoms with van der Waals surface area (Å²) in [4.78, 5) is 17.2. The molecule has 1 unspecified atom stereocenters. The summed E-state index contributed by atoms with van der Waals surface area (Å²) in [6.07, 6.45) is 0. The summed E-state index contributed by atoms with van der Waals surface area (Å²) in [6.45, 7) is 2.87. The number of hydrogen-bond donors (Lipinski definition) is 0. The van der Waals surface area contributed by atoms with E-state index in [4.69, 9.17) is 4.74 Å². The molecule has 0 N–H and O–H groups in total. The number of amides is 1. The highest BCUT2D eigenvalue weighted by Gasteiger charge is 2.28. The van der Waals surface area contributed by atoms with Gasteiger partial charge in [-0.1, -0.05) is 66.7 Å². The second kappa shape index (κ2) is 9.92. The Morgan fingerprint density at radius 2 is 1.48 bits per heavy atom. The lowest BCUT2D eigenvalue weighted by Crippen LogP contribution is -2.49. The minimum atomic E-state index is -0.287. The van der Waals surface area contributed by atoms with Gasteiger partial charge in [0.2, 0.25) is 0 Å². The van der Waals surface area contributed by atoms with E-state index in [2.05, 4.69) is 11.0 Å². The molecule has 0 radical (unpaired) electrons. The average molecular weight is 412 g/mol. The topological polar surface area (TPSA) is 56.6 Å². The van der Waals surface area contributed by atoms with Gasteiger partial charge in [-0.2, -0.15) is 5.26 Å².